The molecule has 2 aliphatic heterocycles. The fraction of sp³-hybridized carbons (Fsp3) is 0.154. The Balaban J connectivity index is 1.95. The highest BCUT2D eigenvalue weighted by atomic mass is 32.2. The van der Waals surface area contributed by atoms with Crippen LogP contribution in [0.5, 0.6) is 0 Å². The van der Waals surface area contributed by atoms with Gasteiger partial charge in [0.15, 0.2) is 5.54 Å². The van der Waals surface area contributed by atoms with Crippen molar-refractivity contribution in [1.82, 2.24) is 15.6 Å². The van der Waals surface area contributed by atoms with Gasteiger partial charge in [-0.1, -0.05) is 0 Å². The normalized spacial score (nSPS) is 26.9. The van der Waals surface area contributed by atoms with Gasteiger partial charge in [-0.25, -0.2) is 4.79 Å². The lowest BCUT2D eigenvalue weighted by atomic mass is 9.82. The van der Waals surface area contributed by atoms with Crippen LogP contribution in [0.3, 0.4) is 0 Å². The monoisotopic (exact) mass is 301 g/mol. The van der Waals surface area contributed by atoms with Crippen LogP contribution in [0.1, 0.15) is 20.8 Å². The number of rotatable bonds is 0. The van der Waals surface area contributed by atoms with Gasteiger partial charge in [-0.05, 0) is 12.1 Å². The maximum Gasteiger partial charge on any atom is 0.322 e. The Labute approximate surface area is 122 Å². The zero-order valence-electron chi connectivity index (χ0n) is 10.4. The molecule has 1 aromatic heterocycles. The topological polar surface area (TPSA) is 105 Å². The number of thioether (sulfide) groups is 1. The van der Waals surface area contributed by atoms with Crippen LogP contribution in [-0.4, -0.2) is 39.8 Å². The molecular weight excluding hydrogens is 294 g/mol. The number of amides is 3. The summed E-state index contributed by atoms with van der Waals surface area (Å²) in [5.74, 6) is -1.29. The van der Waals surface area contributed by atoms with E-state index in [-0.39, 0.29) is 33.3 Å². The molecule has 7 nitrogen and oxygen atoms in total. The van der Waals surface area contributed by atoms with Gasteiger partial charge in [0.2, 0.25) is 11.6 Å². The molecule has 3 heterocycles. The molecular formula is C13H7N3O4S. The van der Waals surface area contributed by atoms with Gasteiger partial charge in [-0.3, -0.25) is 24.7 Å². The third-order valence-electron chi connectivity index (χ3n) is 3.73. The minimum atomic E-state index is -1.46. The summed E-state index contributed by atoms with van der Waals surface area (Å²) in [5, 5.41) is 4.60. The second-order valence-corrected chi connectivity index (χ2v) is 5.85. The maximum absolute atomic E-state index is 12.6. The highest BCUT2D eigenvalue weighted by Crippen LogP contribution is 2.46. The van der Waals surface area contributed by atoms with Gasteiger partial charge >= 0.3 is 6.03 Å². The molecule has 21 heavy (non-hydrogen) atoms. The average Bonchev–Trinajstić information content (AvgIpc) is 2.98. The molecule has 0 unspecified atom stereocenters. The van der Waals surface area contributed by atoms with Gasteiger partial charge in [-0.15, -0.1) is 11.8 Å². The quantitative estimate of drug-likeness (QED) is 0.655. The molecule has 0 radical (unpaired) electrons. The smallest absolute Gasteiger partial charge is 0.319 e. The first kappa shape index (κ1) is 12.3. The lowest BCUT2D eigenvalue weighted by Gasteiger charge is -2.24. The van der Waals surface area contributed by atoms with E-state index in [9.17, 15) is 19.2 Å². The van der Waals surface area contributed by atoms with Crippen LogP contribution in [0.4, 0.5) is 4.79 Å². The summed E-state index contributed by atoms with van der Waals surface area (Å²) < 4.78 is 0. The van der Waals surface area contributed by atoms with Crippen LogP contribution in [0.2, 0.25) is 0 Å². The number of Topliss-reactive ketones (excluding diaryl/α,β-unsaturated/α-hetero) is 2. The number of ketones is 2. The van der Waals surface area contributed by atoms with E-state index in [0.29, 0.717) is 0 Å². The number of aromatic nitrogens is 1. The van der Waals surface area contributed by atoms with E-state index in [1.807, 2.05) is 0 Å². The third kappa shape index (κ3) is 1.37. The van der Waals surface area contributed by atoms with Gasteiger partial charge in [0.05, 0.1) is 16.0 Å². The van der Waals surface area contributed by atoms with Gasteiger partial charge in [-0.2, -0.15) is 0 Å². The first-order valence-electron chi connectivity index (χ1n) is 6.10. The van der Waals surface area contributed by atoms with Crippen LogP contribution >= 0.6 is 11.8 Å². The van der Waals surface area contributed by atoms with Crippen molar-refractivity contribution in [3.05, 3.63) is 40.1 Å². The minimum absolute atomic E-state index is 0.0251. The number of imide groups is 1. The first-order valence-corrected chi connectivity index (χ1v) is 7.09. The minimum Gasteiger partial charge on any atom is -0.319 e. The molecule has 1 spiro atoms. The molecule has 0 bridgehead atoms. The Kier molecular flexibility index (Phi) is 2.22. The number of pyridine rings is 1. The number of urea groups is 1. The lowest BCUT2D eigenvalue weighted by Crippen LogP contribution is -2.51. The zero-order valence-corrected chi connectivity index (χ0v) is 11.2. The molecule has 1 aromatic rings. The summed E-state index contributed by atoms with van der Waals surface area (Å²) in [5.41, 5.74) is -1.17. The number of allylic oxidation sites excluding steroid dienone is 1. The summed E-state index contributed by atoms with van der Waals surface area (Å²) >= 11 is 1.11. The van der Waals surface area contributed by atoms with Crippen molar-refractivity contribution < 1.29 is 19.2 Å². The highest BCUT2D eigenvalue weighted by Gasteiger charge is 2.58. The number of carbonyl (C=O) groups is 4. The summed E-state index contributed by atoms with van der Waals surface area (Å²) in [6.45, 7) is 0. The van der Waals surface area contributed by atoms with Gasteiger partial charge in [0, 0.05) is 11.9 Å². The van der Waals surface area contributed by atoms with Crippen molar-refractivity contribution in [3.8, 4) is 0 Å². The SMILES string of the molecule is O=C1NC(=O)[C@]2(CSC3=C2C(=O)c2ncccc2C3=O)N1. The Hall–Kier alpha value is -2.48. The second-order valence-electron chi connectivity index (χ2n) is 4.86. The Morgan fingerprint density at radius 3 is 2.71 bits per heavy atom. The largest absolute Gasteiger partial charge is 0.322 e. The van der Waals surface area contributed by atoms with E-state index in [2.05, 4.69) is 15.6 Å². The molecule has 0 aromatic carbocycles. The molecule has 1 aliphatic carbocycles. The Bertz CT molecular complexity index is 800. The number of fused-ring (bicyclic) bond motifs is 2. The summed E-state index contributed by atoms with van der Waals surface area (Å²) in [4.78, 5) is 52.8. The predicted octanol–water partition coefficient (Wildman–Crippen LogP) is 0.0397. The Morgan fingerprint density at radius 1 is 1.19 bits per heavy atom. The molecule has 3 amide bonds. The number of nitrogens with zero attached hydrogens (tertiary/aromatic N) is 1. The molecule has 4 rings (SSSR count). The van der Waals surface area contributed by atoms with Gasteiger partial charge < -0.3 is 5.32 Å². The highest BCUT2D eigenvalue weighted by molar-refractivity contribution is 8.04. The van der Waals surface area contributed by atoms with E-state index < -0.39 is 23.3 Å². The Morgan fingerprint density at radius 2 is 2.00 bits per heavy atom. The van der Waals surface area contributed by atoms with Crippen molar-refractivity contribution in [2.24, 2.45) is 0 Å². The third-order valence-corrected chi connectivity index (χ3v) is 4.98. The summed E-state index contributed by atoms with van der Waals surface area (Å²) in [7, 11) is 0. The molecule has 8 heteroatoms. The molecule has 3 aliphatic rings. The van der Waals surface area contributed by atoms with Crippen molar-refractivity contribution in [2.45, 2.75) is 5.54 Å². The standard InChI is InChI=1S/C13H7N3O4S/c17-8-5-2-1-3-14-7(5)9(18)6-10(8)21-4-13(6)11(19)15-12(20)16-13/h1-3H,4H2,(H2,15,16,19,20)/t13-/m1/s1. The number of carbonyl (C=O) groups excluding carboxylic acids is 4. The number of nitrogens with one attached hydrogen (secondary N) is 2. The number of hydrogen-bond acceptors (Lipinski definition) is 6. The van der Waals surface area contributed by atoms with Crippen molar-refractivity contribution in [2.75, 3.05) is 5.75 Å². The molecule has 1 fully saturated rings. The van der Waals surface area contributed by atoms with Gasteiger partial charge in [0.25, 0.3) is 5.91 Å². The van der Waals surface area contributed by atoms with Crippen LogP contribution in [-0.2, 0) is 4.79 Å². The number of hydrogen-bond donors (Lipinski definition) is 2. The first-order chi connectivity index (χ1) is 10.0. The molecule has 2 N–H and O–H groups in total. The fourth-order valence-electron chi connectivity index (χ4n) is 2.77. The maximum atomic E-state index is 12.6. The van der Waals surface area contributed by atoms with Crippen LogP contribution in [0.15, 0.2) is 28.8 Å². The zero-order chi connectivity index (χ0) is 14.8. The fourth-order valence-corrected chi connectivity index (χ4v) is 4.13. The molecule has 1 saturated heterocycles. The van der Waals surface area contributed by atoms with Crippen molar-refractivity contribution >= 4 is 35.3 Å². The van der Waals surface area contributed by atoms with E-state index in [4.69, 9.17) is 0 Å². The van der Waals surface area contributed by atoms with Crippen molar-refractivity contribution in [1.29, 1.82) is 0 Å². The summed E-state index contributed by atoms with van der Waals surface area (Å²) in [6.07, 6.45) is 1.41. The molecule has 0 saturated carbocycles. The average molecular weight is 301 g/mol. The summed E-state index contributed by atoms with van der Waals surface area (Å²) in [6, 6.07) is 2.45. The second kappa shape index (κ2) is 3.79. The van der Waals surface area contributed by atoms with E-state index in [1.165, 1.54) is 12.3 Å². The van der Waals surface area contributed by atoms with Gasteiger partial charge in [0.1, 0.15) is 5.69 Å². The van der Waals surface area contributed by atoms with Crippen LogP contribution < -0.4 is 10.6 Å². The molecule has 104 valence electrons. The van der Waals surface area contributed by atoms with E-state index >= 15 is 0 Å². The van der Waals surface area contributed by atoms with Crippen LogP contribution in [0, 0.1) is 0 Å². The van der Waals surface area contributed by atoms with Crippen LogP contribution in [0.25, 0.3) is 0 Å². The van der Waals surface area contributed by atoms with E-state index in [0.717, 1.165) is 11.8 Å². The van der Waals surface area contributed by atoms with Crippen molar-refractivity contribution in [3.63, 3.8) is 0 Å². The molecule has 1 atom stereocenters. The predicted molar refractivity (Wildman–Crippen MR) is 71.8 cm³/mol. The van der Waals surface area contributed by atoms with E-state index in [1.54, 1.807) is 6.07 Å². The lowest BCUT2D eigenvalue weighted by molar-refractivity contribution is -0.122.